The Morgan fingerprint density at radius 2 is 2.00 bits per heavy atom. The van der Waals surface area contributed by atoms with E-state index in [-0.39, 0.29) is 23.8 Å². The van der Waals surface area contributed by atoms with Crippen LogP contribution < -0.4 is 10.9 Å². The molecule has 0 aliphatic heterocycles. The summed E-state index contributed by atoms with van der Waals surface area (Å²) >= 11 is 1.27. The lowest BCUT2D eigenvalue weighted by atomic mass is 10.1. The first-order valence-corrected chi connectivity index (χ1v) is 10.0. The van der Waals surface area contributed by atoms with Gasteiger partial charge in [0.05, 0.1) is 11.8 Å². The number of fused-ring (bicyclic) bond motifs is 1. The van der Waals surface area contributed by atoms with Crippen LogP contribution in [0.3, 0.4) is 0 Å². The predicted molar refractivity (Wildman–Crippen MR) is 114 cm³/mol. The predicted octanol–water partition coefficient (Wildman–Crippen LogP) is 4.47. The van der Waals surface area contributed by atoms with Crippen molar-refractivity contribution in [2.75, 3.05) is 5.32 Å². The van der Waals surface area contributed by atoms with E-state index in [1.54, 1.807) is 12.1 Å². The summed E-state index contributed by atoms with van der Waals surface area (Å²) in [5.41, 5.74) is 3.66. The summed E-state index contributed by atoms with van der Waals surface area (Å²) in [6.07, 6.45) is 2.25. The molecule has 2 aromatic heterocycles. The van der Waals surface area contributed by atoms with E-state index < -0.39 is 0 Å². The summed E-state index contributed by atoms with van der Waals surface area (Å²) in [6.45, 7) is 1.92. The molecule has 0 fully saturated rings. The van der Waals surface area contributed by atoms with Gasteiger partial charge in [-0.25, -0.2) is 9.37 Å². The van der Waals surface area contributed by atoms with Crippen LogP contribution in [0.1, 0.15) is 12.5 Å². The molecule has 0 radical (unpaired) electrons. The molecule has 29 heavy (non-hydrogen) atoms. The number of thiophene rings is 1. The van der Waals surface area contributed by atoms with E-state index in [9.17, 15) is 14.0 Å². The summed E-state index contributed by atoms with van der Waals surface area (Å²) < 4.78 is 14.9. The molecule has 5 nitrogen and oxygen atoms in total. The Morgan fingerprint density at radius 3 is 2.76 bits per heavy atom. The second-order valence-corrected chi connectivity index (χ2v) is 7.49. The third-order valence-corrected chi connectivity index (χ3v) is 5.59. The highest BCUT2D eigenvalue weighted by atomic mass is 32.1. The normalized spacial score (nSPS) is 11.0. The molecule has 1 amide bonds. The average molecular weight is 407 g/mol. The van der Waals surface area contributed by atoms with Crippen molar-refractivity contribution < 1.29 is 9.18 Å². The average Bonchev–Trinajstić information content (AvgIpc) is 3.15. The minimum absolute atomic E-state index is 0.123. The van der Waals surface area contributed by atoms with Crippen LogP contribution in [-0.4, -0.2) is 15.5 Å². The standard InChI is InChI=1S/C22H18FN3O2S/c1-2-14-4-3-5-17(10-14)25-19(27)11-26-13-24-20-18(12-29-21(20)22(26)28)15-6-8-16(23)9-7-15/h3-10,12-13H,2,11H2,1H3,(H,25,27). The van der Waals surface area contributed by atoms with Crippen LogP contribution >= 0.6 is 11.3 Å². The van der Waals surface area contributed by atoms with E-state index in [1.807, 2.05) is 36.6 Å². The molecule has 0 saturated carbocycles. The van der Waals surface area contributed by atoms with Gasteiger partial charge in [0, 0.05) is 16.6 Å². The molecule has 0 atom stereocenters. The summed E-state index contributed by atoms with van der Waals surface area (Å²) in [7, 11) is 0. The molecule has 0 spiro atoms. The van der Waals surface area contributed by atoms with Gasteiger partial charge in [0.25, 0.3) is 5.56 Å². The highest BCUT2D eigenvalue weighted by Gasteiger charge is 2.14. The second-order valence-electron chi connectivity index (χ2n) is 6.61. The fourth-order valence-corrected chi connectivity index (χ4v) is 4.09. The van der Waals surface area contributed by atoms with Crippen molar-refractivity contribution >= 4 is 33.1 Å². The molecule has 146 valence electrons. The van der Waals surface area contributed by atoms with Crippen molar-refractivity contribution in [3.63, 3.8) is 0 Å². The SMILES string of the molecule is CCc1cccc(NC(=O)Cn2cnc3c(-c4ccc(F)cc4)csc3c2=O)c1. The summed E-state index contributed by atoms with van der Waals surface area (Å²) in [4.78, 5) is 29.6. The van der Waals surface area contributed by atoms with E-state index in [2.05, 4.69) is 10.3 Å². The number of hydrogen-bond acceptors (Lipinski definition) is 4. The van der Waals surface area contributed by atoms with E-state index >= 15 is 0 Å². The van der Waals surface area contributed by atoms with Crippen LogP contribution in [0.15, 0.2) is 65.0 Å². The smallest absolute Gasteiger partial charge is 0.271 e. The van der Waals surface area contributed by atoms with Gasteiger partial charge in [0.1, 0.15) is 17.1 Å². The number of anilines is 1. The lowest BCUT2D eigenvalue weighted by molar-refractivity contribution is -0.116. The molecule has 7 heteroatoms. The number of hydrogen-bond donors (Lipinski definition) is 1. The van der Waals surface area contributed by atoms with Gasteiger partial charge >= 0.3 is 0 Å². The van der Waals surface area contributed by atoms with Crippen LogP contribution in [0.25, 0.3) is 21.3 Å². The molecule has 0 aliphatic rings. The Morgan fingerprint density at radius 1 is 1.21 bits per heavy atom. The van der Waals surface area contributed by atoms with Crippen LogP contribution in [-0.2, 0) is 17.8 Å². The van der Waals surface area contributed by atoms with E-state index in [0.717, 1.165) is 23.1 Å². The highest BCUT2D eigenvalue weighted by molar-refractivity contribution is 7.17. The Hall–Kier alpha value is -3.32. The van der Waals surface area contributed by atoms with Gasteiger partial charge in [-0.2, -0.15) is 0 Å². The molecular weight excluding hydrogens is 389 g/mol. The Bertz CT molecular complexity index is 1250. The topological polar surface area (TPSA) is 64.0 Å². The first-order valence-electron chi connectivity index (χ1n) is 9.16. The monoisotopic (exact) mass is 407 g/mol. The van der Waals surface area contributed by atoms with Gasteiger partial charge < -0.3 is 5.32 Å². The largest absolute Gasteiger partial charge is 0.325 e. The maximum Gasteiger partial charge on any atom is 0.271 e. The van der Waals surface area contributed by atoms with Gasteiger partial charge in [-0.15, -0.1) is 11.3 Å². The number of carbonyl (C=O) groups excluding carboxylic acids is 1. The molecule has 4 rings (SSSR count). The van der Waals surface area contributed by atoms with Crippen LogP contribution in [0.5, 0.6) is 0 Å². The molecular formula is C22H18FN3O2S. The quantitative estimate of drug-likeness (QED) is 0.531. The number of rotatable bonds is 5. The molecule has 0 saturated heterocycles. The second kappa shape index (κ2) is 7.97. The molecule has 2 aromatic carbocycles. The lowest BCUT2D eigenvalue weighted by Crippen LogP contribution is -2.27. The zero-order valence-electron chi connectivity index (χ0n) is 15.7. The number of amides is 1. The highest BCUT2D eigenvalue weighted by Crippen LogP contribution is 2.30. The van der Waals surface area contributed by atoms with Crippen molar-refractivity contribution in [2.45, 2.75) is 19.9 Å². The van der Waals surface area contributed by atoms with Crippen LogP contribution in [0.4, 0.5) is 10.1 Å². The van der Waals surface area contributed by atoms with Crippen LogP contribution in [0.2, 0.25) is 0 Å². The van der Waals surface area contributed by atoms with Crippen molar-refractivity contribution in [3.05, 3.63) is 82.0 Å². The van der Waals surface area contributed by atoms with Crippen molar-refractivity contribution in [1.82, 2.24) is 9.55 Å². The Labute approximate surface area is 170 Å². The fraction of sp³-hybridized carbons (Fsp3) is 0.136. The molecule has 0 aliphatic carbocycles. The maximum absolute atomic E-state index is 13.2. The van der Waals surface area contributed by atoms with Gasteiger partial charge in [-0.1, -0.05) is 31.2 Å². The van der Waals surface area contributed by atoms with E-state index in [1.165, 1.54) is 34.4 Å². The first kappa shape index (κ1) is 19.0. The number of nitrogens with one attached hydrogen (secondary N) is 1. The number of aromatic nitrogens is 2. The number of carbonyl (C=O) groups is 1. The number of halogens is 1. The first-order chi connectivity index (χ1) is 14.0. The van der Waals surface area contributed by atoms with Crippen molar-refractivity contribution in [1.29, 1.82) is 0 Å². The minimum atomic E-state index is -0.320. The number of nitrogens with zero attached hydrogens (tertiary/aromatic N) is 2. The lowest BCUT2D eigenvalue weighted by Gasteiger charge is -2.08. The van der Waals surface area contributed by atoms with Gasteiger partial charge in [0.15, 0.2) is 0 Å². The van der Waals surface area contributed by atoms with E-state index in [4.69, 9.17) is 0 Å². The molecule has 0 bridgehead atoms. The zero-order chi connectivity index (χ0) is 20.4. The minimum Gasteiger partial charge on any atom is -0.325 e. The van der Waals surface area contributed by atoms with Gasteiger partial charge in [-0.05, 0) is 41.8 Å². The van der Waals surface area contributed by atoms with Crippen molar-refractivity contribution in [3.8, 4) is 11.1 Å². The summed E-state index contributed by atoms with van der Waals surface area (Å²) in [6, 6.07) is 13.7. The third kappa shape index (κ3) is 3.95. The van der Waals surface area contributed by atoms with Crippen LogP contribution in [0, 0.1) is 5.82 Å². The van der Waals surface area contributed by atoms with Crippen molar-refractivity contribution in [2.24, 2.45) is 0 Å². The van der Waals surface area contributed by atoms with E-state index in [0.29, 0.717) is 15.9 Å². The van der Waals surface area contributed by atoms with Gasteiger partial charge in [0.2, 0.25) is 5.91 Å². The zero-order valence-corrected chi connectivity index (χ0v) is 16.5. The summed E-state index contributed by atoms with van der Waals surface area (Å²) in [5, 5.41) is 4.64. The Balaban J connectivity index is 1.58. The molecule has 2 heterocycles. The fourth-order valence-electron chi connectivity index (χ4n) is 3.11. The maximum atomic E-state index is 13.2. The number of aryl methyl sites for hydroxylation is 1. The number of benzene rings is 2. The molecule has 1 N–H and O–H groups in total. The summed E-state index contributed by atoms with van der Waals surface area (Å²) in [5.74, 6) is -0.615. The third-order valence-electron chi connectivity index (χ3n) is 4.63. The molecule has 0 unspecified atom stereocenters. The van der Waals surface area contributed by atoms with Gasteiger partial charge in [-0.3, -0.25) is 14.2 Å². The Kier molecular flexibility index (Phi) is 5.22. The molecule has 4 aromatic rings.